The van der Waals surface area contributed by atoms with Crippen LogP contribution >= 0.6 is 0 Å². The van der Waals surface area contributed by atoms with Crippen molar-refractivity contribution < 1.29 is 5.11 Å². The van der Waals surface area contributed by atoms with E-state index in [1.54, 1.807) is 0 Å². The zero-order chi connectivity index (χ0) is 27.1. The third kappa shape index (κ3) is 7.38. The van der Waals surface area contributed by atoms with E-state index < -0.39 is 0 Å². The summed E-state index contributed by atoms with van der Waals surface area (Å²) >= 11 is 0. The van der Waals surface area contributed by atoms with Crippen molar-refractivity contribution in [2.24, 2.45) is 0 Å². The van der Waals surface area contributed by atoms with Gasteiger partial charge in [0, 0.05) is 35.3 Å². The van der Waals surface area contributed by atoms with Crippen LogP contribution in [0.25, 0.3) is 0 Å². The van der Waals surface area contributed by atoms with E-state index in [9.17, 15) is 5.11 Å². The van der Waals surface area contributed by atoms with Gasteiger partial charge in [0.1, 0.15) is 0 Å². The molecular weight excluding hydrogens is 452 g/mol. The molecule has 0 heterocycles. The average Bonchev–Trinajstić information content (AvgIpc) is 2.88. The standard InChI is InChI=1S/C34H48N2O/c1-8-10-28-23-31(19-20-32(28)36-24-33(5,6)29-15-11-25(3)12-16-29)35-22-21-27-13-17-30(18-14-27)34(7,9-2)26(4)37/h11-20,23,26,35-37H,8-10,21-22,24H2,1-7H3. The van der Waals surface area contributed by atoms with E-state index in [0.717, 1.165) is 38.8 Å². The Kier molecular flexibility index (Phi) is 9.84. The summed E-state index contributed by atoms with van der Waals surface area (Å²) in [6, 6.07) is 24.4. The molecule has 3 aromatic carbocycles. The normalized spacial score (nSPS) is 14.2. The Morgan fingerprint density at radius 2 is 1.46 bits per heavy atom. The Hall–Kier alpha value is -2.78. The lowest BCUT2D eigenvalue weighted by Gasteiger charge is -2.32. The predicted molar refractivity (Wildman–Crippen MR) is 161 cm³/mol. The van der Waals surface area contributed by atoms with Crippen LogP contribution in [0.2, 0.25) is 0 Å². The van der Waals surface area contributed by atoms with E-state index in [4.69, 9.17) is 0 Å². The van der Waals surface area contributed by atoms with E-state index in [1.165, 1.54) is 39.2 Å². The smallest absolute Gasteiger partial charge is 0.0605 e. The van der Waals surface area contributed by atoms with Crippen LogP contribution in [0.4, 0.5) is 11.4 Å². The molecule has 0 aliphatic heterocycles. The van der Waals surface area contributed by atoms with E-state index in [1.807, 2.05) is 6.92 Å². The minimum atomic E-state index is -0.367. The third-order valence-electron chi connectivity index (χ3n) is 8.19. The van der Waals surface area contributed by atoms with Gasteiger partial charge in [0.15, 0.2) is 0 Å². The maximum absolute atomic E-state index is 10.3. The fraction of sp³-hybridized carbons (Fsp3) is 0.471. The molecule has 37 heavy (non-hydrogen) atoms. The molecule has 0 bridgehead atoms. The predicted octanol–water partition coefficient (Wildman–Crippen LogP) is 8.04. The van der Waals surface area contributed by atoms with Crippen LogP contribution in [-0.4, -0.2) is 24.3 Å². The largest absolute Gasteiger partial charge is 0.393 e. The lowest BCUT2D eigenvalue weighted by atomic mass is 9.75. The van der Waals surface area contributed by atoms with E-state index in [-0.39, 0.29) is 16.9 Å². The highest BCUT2D eigenvalue weighted by Gasteiger charge is 2.29. The molecule has 0 saturated heterocycles. The van der Waals surface area contributed by atoms with Gasteiger partial charge < -0.3 is 15.7 Å². The molecule has 0 aliphatic rings. The molecule has 0 spiro atoms. The molecule has 0 radical (unpaired) electrons. The summed E-state index contributed by atoms with van der Waals surface area (Å²) in [7, 11) is 0. The van der Waals surface area contributed by atoms with Crippen LogP contribution in [0.15, 0.2) is 66.7 Å². The molecule has 3 aromatic rings. The minimum absolute atomic E-state index is 0.0490. The monoisotopic (exact) mass is 500 g/mol. The second-order valence-electron chi connectivity index (χ2n) is 11.5. The molecule has 200 valence electrons. The Labute approximate surface area is 225 Å². The number of hydrogen-bond donors (Lipinski definition) is 3. The molecule has 2 atom stereocenters. The highest BCUT2D eigenvalue weighted by atomic mass is 16.3. The molecule has 3 N–H and O–H groups in total. The van der Waals surface area contributed by atoms with E-state index >= 15 is 0 Å². The van der Waals surface area contributed by atoms with Crippen LogP contribution in [0.3, 0.4) is 0 Å². The number of aryl methyl sites for hydroxylation is 2. The molecule has 0 saturated carbocycles. The quantitative estimate of drug-likeness (QED) is 0.222. The fourth-order valence-electron chi connectivity index (χ4n) is 4.92. The molecule has 2 unspecified atom stereocenters. The number of hydrogen-bond acceptors (Lipinski definition) is 3. The van der Waals surface area contributed by atoms with Gasteiger partial charge >= 0.3 is 0 Å². The van der Waals surface area contributed by atoms with Gasteiger partial charge in [-0.25, -0.2) is 0 Å². The van der Waals surface area contributed by atoms with Gasteiger partial charge in [-0.2, -0.15) is 0 Å². The Morgan fingerprint density at radius 3 is 2.05 bits per heavy atom. The van der Waals surface area contributed by atoms with Crippen molar-refractivity contribution in [3.63, 3.8) is 0 Å². The fourth-order valence-corrected chi connectivity index (χ4v) is 4.92. The van der Waals surface area contributed by atoms with Gasteiger partial charge in [-0.3, -0.25) is 0 Å². The number of aliphatic hydroxyl groups excluding tert-OH is 1. The molecule has 0 fully saturated rings. The Morgan fingerprint density at radius 1 is 0.811 bits per heavy atom. The highest BCUT2D eigenvalue weighted by Crippen LogP contribution is 2.31. The van der Waals surface area contributed by atoms with Crippen molar-refractivity contribution >= 4 is 11.4 Å². The third-order valence-corrected chi connectivity index (χ3v) is 8.19. The van der Waals surface area contributed by atoms with Gasteiger partial charge in [0.05, 0.1) is 6.10 Å². The maximum atomic E-state index is 10.3. The van der Waals surface area contributed by atoms with Gasteiger partial charge in [0.2, 0.25) is 0 Å². The average molecular weight is 501 g/mol. The summed E-state index contributed by atoms with van der Waals surface area (Å²) in [6.45, 7) is 16.9. The number of aliphatic hydroxyl groups is 1. The first-order chi connectivity index (χ1) is 17.6. The van der Waals surface area contributed by atoms with Gasteiger partial charge in [0.25, 0.3) is 0 Å². The van der Waals surface area contributed by atoms with Crippen LogP contribution in [0.1, 0.15) is 82.2 Å². The molecule has 0 amide bonds. The van der Waals surface area contributed by atoms with Gasteiger partial charge in [-0.05, 0) is 73.6 Å². The summed E-state index contributed by atoms with van der Waals surface area (Å²) in [5.74, 6) is 0. The summed E-state index contributed by atoms with van der Waals surface area (Å²) in [5, 5.41) is 17.6. The summed E-state index contributed by atoms with van der Waals surface area (Å²) in [6.07, 6.45) is 3.69. The topological polar surface area (TPSA) is 44.3 Å². The first-order valence-corrected chi connectivity index (χ1v) is 14.0. The first kappa shape index (κ1) is 28.8. The number of anilines is 2. The molecular formula is C34H48N2O. The van der Waals surface area contributed by atoms with Crippen molar-refractivity contribution in [3.05, 3.63) is 94.5 Å². The zero-order valence-electron chi connectivity index (χ0n) is 24.1. The zero-order valence-corrected chi connectivity index (χ0v) is 24.1. The Balaban J connectivity index is 1.60. The van der Waals surface area contributed by atoms with Crippen LogP contribution < -0.4 is 10.6 Å². The van der Waals surface area contributed by atoms with Crippen LogP contribution in [0.5, 0.6) is 0 Å². The van der Waals surface area contributed by atoms with Crippen molar-refractivity contribution in [1.29, 1.82) is 0 Å². The number of nitrogens with one attached hydrogen (secondary N) is 2. The summed E-state index contributed by atoms with van der Waals surface area (Å²) in [4.78, 5) is 0. The van der Waals surface area contributed by atoms with Crippen LogP contribution in [0, 0.1) is 6.92 Å². The van der Waals surface area contributed by atoms with Crippen LogP contribution in [-0.2, 0) is 23.7 Å². The lowest BCUT2D eigenvalue weighted by molar-refractivity contribution is 0.104. The number of benzene rings is 3. The van der Waals surface area contributed by atoms with Crippen molar-refractivity contribution in [2.45, 2.75) is 91.1 Å². The maximum Gasteiger partial charge on any atom is 0.0605 e. The lowest BCUT2D eigenvalue weighted by Crippen LogP contribution is -2.33. The second kappa shape index (κ2) is 12.6. The summed E-state index contributed by atoms with van der Waals surface area (Å²) in [5.41, 5.74) is 8.81. The highest BCUT2D eigenvalue weighted by molar-refractivity contribution is 5.60. The molecule has 3 heteroatoms. The van der Waals surface area contributed by atoms with Crippen molar-refractivity contribution in [1.82, 2.24) is 0 Å². The first-order valence-electron chi connectivity index (χ1n) is 14.0. The summed E-state index contributed by atoms with van der Waals surface area (Å²) < 4.78 is 0. The minimum Gasteiger partial charge on any atom is -0.393 e. The van der Waals surface area contributed by atoms with E-state index in [2.05, 4.69) is 119 Å². The van der Waals surface area contributed by atoms with Gasteiger partial charge in [-0.15, -0.1) is 0 Å². The van der Waals surface area contributed by atoms with Crippen molar-refractivity contribution in [3.8, 4) is 0 Å². The molecule has 0 aromatic heterocycles. The van der Waals surface area contributed by atoms with Gasteiger partial charge in [-0.1, -0.05) is 95.1 Å². The molecule has 0 aliphatic carbocycles. The Bertz CT molecular complexity index is 1120. The van der Waals surface area contributed by atoms with E-state index in [0.29, 0.717) is 0 Å². The number of rotatable bonds is 13. The van der Waals surface area contributed by atoms with Crippen molar-refractivity contribution in [2.75, 3.05) is 23.7 Å². The molecule has 3 rings (SSSR count). The second-order valence-corrected chi connectivity index (χ2v) is 11.5. The molecule has 3 nitrogen and oxygen atoms in total. The SMILES string of the molecule is CCCc1cc(NCCc2ccc(C(C)(CC)C(C)O)cc2)ccc1NCC(C)(C)c1ccc(C)cc1.